The van der Waals surface area contributed by atoms with Crippen molar-refractivity contribution in [3.63, 3.8) is 0 Å². The number of rotatable bonds is 4. The van der Waals surface area contributed by atoms with Crippen LogP contribution in [0.25, 0.3) is 16.6 Å². The summed E-state index contributed by atoms with van der Waals surface area (Å²) in [6.45, 7) is 2.41. The summed E-state index contributed by atoms with van der Waals surface area (Å²) in [5, 5.41) is 10.2. The van der Waals surface area contributed by atoms with Crippen molar-refractivity contribution in [3.05, 3.63) is 87.4 Å². The first-order chi connectivity index (χ1) is 12.6. The molecule has 5 nitrogen and oxygen atoms in total. The lowest BCUT2D eigenvalue weighted by Crippen LogP contribution is -2.26. The SMILES string of the molecule is Cc1nn(CCc2ccccc2)c(=O)c2c1cnn2-c1cccc(Cl)c1. The number of nitrogens with zero attached hydrogens (tertiary/aromatic N) is 4. The molecule has 0 radical (unpaired) electrons. The van der Waals surface area contributed by atoms with E-state index in [1.807, 2.05) is 49.4 Å². The molecule has 0 aliphatic heterocycles. The number of hydrogen-bond acceptors (Lipinski definition) is 3. The minimum atomic E-state index is -0.154. The lowest BCUT2D eigenvalue weighted by molar-refractivity contribution is 0.575. The highest BCUT2D eigenvalue weighted by molar-refractivity contribution is 6.30. The zero-order valence-electron chi connectivity index (χ0n) is 14.3. The van der Waals surface area contributed by atoms with E-state index in [0.29, 0.717) is 17.1 Å². The van der Waals surface area contributed by atoms with Gasteiger partial charge in [0.05, 0.1) is 17.6 Å². The Labute approximate surface area is 155 Å². The molecular weight excluding hydrogens is 348 g/mol. The second-order valence-corrected chi connectivity index (χ2v) is 6.58. The van der Waals surface area contributed by atoms with Gasteiger partial charge >= 0.3 is 0 Å². The van der Waals surface area contributed by atoms with E-state index in [4.69, 9.17) is 11.6 Å². The fourth-order valence-corrected chi connectivity index (χ4v) is 3.24. The summed E-state index contributed by atoms with van der Waals surface area (Å²) < 4.78 is 3.16. The third-order valence-corrected chi connectivity index (χ3v) is 4.61. The van der Waals surface area contributed by atoms with Gasteiger partial charge in [-0.3, -0.25) is 4.79 Å². The third-order valence-electron chi connectivity index (χ3n) is 4.37. The molecule has 0 amide bonds. The van der Waals surface area contributed by atoms with Crippen molar-refractivity contribution in [1.29, 1.82) is 0 Å². The van der Waals surface area contributed by atoms with Gasteiger partial charge in [0.25, 0.3) is 5.56 Å². The fourth-order valence-electron chi connectivity index (χ4n) is 3.06. The predicted molar refractivity (Wildman–Crippen MR) is 103 cm³/mol. The molecule has 0 unspecified atom stereocenters. The van der Waals surface area contributed by atoms with Gasteiger partial charge < -0.3 is 0 Å². The number of fused-ring (bicyclic) bond motifs is 1. The molecule has 4 rings (SSSR count). The Morgan fingerprint density at radius 1 is 1.08 bits per heavy atom. The highest BCUT2D eigenvalue weighted by Crippen LogP contribution is 2.19. The fraction of sp³-hybridized carbons (Fsp3) is 0.150. The maximum Gasteiger partial charge on any atom is 0.293 e. The second kappa shape index (κ2) is 6.77. The Morgan fingerprint density at radius 3 is 2.65 bits per heavy atom. The van der Waals surface area contributed by atoms with Crippen LogP contribution in [0.2, 0.25) is 5.02 Å². The molecular formula is C20H17ClN4O. The van der Waals surface area contributed by atoms with Crippen LogP contribution in [-0.2, 0) is 13.0 Å². The Bertz CT molecular complexity index is 1130. The van der Waals surface area contributed by atoms with Gasteiger partial charge in [-0.1, -0.05) is 48.0 Å². The summed E-state index contributed by atoms with van der Waals surface area (Å²) >= 11 is 6.10. The van der Waals surface area contributed by atoms with Crippen LogP contribution in [0, 0.1) is 6.92 Å². The number of aromatic nitrogens is 4. The van der Waals surface area contributed by atoms with E-state index in [2.05, 4.69) is 10.2 Å². The number of halogens is 1. The monoisotopic (exact) mass is 364 g/mol. The number of hydrogen-bond donors (Lipinski definition) is 0. The first-order valence-corrected chi connectivity index (χ1v) is 8.76. The van der Waals surface area contributed by atoms with Crippen molar-refractivity contribution in [2.75, 3.05) is 0 Å². The van der Waals surface area contributed by atoms with Gasteiger partial charge in [-0.15, -0.1) is 0 Å². The first kappa shape index (κ1) is 16.5. The lowest BCUT2D eigenvalue weighted by Gasteiger charge is -2.09. The van der Waals surface area contributed by atoms with Crippen molar-refractivity contribution in [2.45, 2.75) is 19.9 Å². The normalized spacial score (nSPS) is 11.2. The van der Waals surface area contributed by atoms with E-state index in [0.717, 1.165) is 23.2 Å². The van der Waals surface area contributed by atoms with E-state index in [-0.39, 0.29) is 5.56 Å². The van der Waals surface area contributed by atoms with Crippen molar-refractivity contribution in [1.82, 2.24) is 19.6 Å². The van der Waals surface area contributed by atoms with Gasteiger partial charge in [0.15, 0.2) is 0 Å². The van der Waals surface area contributed by atoms with Gasteiger partial charge in [0.1, 0.15) is 5.52 Å². The molecule has 0 bridgehead atoms. The van der Waals surface area contributed by atoms with Crippen LogP contribution >= 0.6 is 11.6 Å². The van der Waals surface area contributed by atoms with Crippen LogP contribution < -0.4 is 5.56 Å². The molecule has 4 aromatic rings. The average Bonchev–Trinajstić information content (AvgIpc) is 3.10. The summed E-state index contributed by atoms with van der Waals surface area (Å²) in [5.74, 6) is 0. The van der Waals surface area contributed by atoms with Gasteiger partial charge in [-0.05, 0) is 37.1 Å². The number of aryl methyl sites for hydroxylation is 3. The minimum absolute atomic E-state index is 0.154. The van der Waals surface area contributed by atoms with Crippen LogP contribution in [0.5, 0.6) is 0 Å². The minimum Gasteiger partial charge on any atom is -0.265 e. The zero-order chi connectivity index (χ0) is 18.1. The molecule has 0 saturated carbocycles. The maximum absolute atomic E-state index is 13.0. The van der Waals surface area contributed by atoms with Crippen LogP contribution in [0.15, 0.2) is 65.6 Å². The summed E-state index contributed by atoms with van der Waals surface area (Å²) in [5.41, 5.74) is 3.07. The molecule has 0 fully saturated rings. The molecule has 0 N–H and O–H groups in total. The van der Waals surface area contributed by atoms with Crippen molar-refractivity contribution >= 4 is 22.5 Å². The van der Waals surface area contributed by atoms with Crippen molar-refractivity contribution in [3.8, 4) is 5.69 Å². The zero-order valence-corrected chi connectivity index (χ0v) is 15.0. The summed E-state index contributed by atoms with van der Waals surface area (Å²) in [6.07, 6.45) is 2.42. The molecule has 0 saturated heterocycles. The molecule has 130 valence electrons. The number of benzene rings is 2. The lowest BCUT2D eigenvalue weighted by atomic mass is 10.1. The molecule has 2 aromatic carbocycles. The van der Waals surface area contributed by atoms with Gasteiger partial charge in [-0.25, -0.2) is 9.36 Å². The van der Waals surface area contributed by atoms with Crippen LogP contribution in [0.1, 0.15) is 11.3 Å². The summed E-state index contributed by atoms with van der Waals surface area (Å²) in [4.78, 5) is 13.0. The first-order valence-electron chi connectivity index (χ1n) is 8.39. The van der Waals surface area contributed by atoms with Crippen molar-refractivity contribution in [2.24, 2.45) is 0 Å². The van der Waals surface area contributed by atoms with E-state index in [1.165, 1.54) is 10.2 Å². The van der Waals surface area contributed by atoms with E-state index >= 15 is 0 Å². The van der Waals surface area contributed by atoms with E-state index < -0.39 is 0 Å². The molecule has 0 aliphatic carbocycles. The standard InChI is InChI=1S/C20H17ClN4O/c1-14-18-13-22-25(17-9-5-8-16(21)12-17)19(18)20(26)24(23-14)11-10-15-6-3-2-4-7-15/h2-9,12-13H,10-11H2,1H3. The highest BCUT2D eigenvalue weighted by atomic mass is 35.5. The molecule has 0 aliphatic rings. The largest absolute Gasteiger partial charge is 0.293 e. The molecule has 2 heterocycles. The Morgan fingerprint density at radius 2 is 1.88 bits per heavy atom. The molecule has 26 heavy (non-hydrogen) atoms. The van der Waals surface area contributed by atoms with Crippen LogP contribution in [0.4, 0.5) is 0 Å². The van der Waals surface area contributed by atoms with Gasteiger partial charge in [0, 0.05) is 17.0 Å². The predicted octanol–water partition coefficient (Wildman–Crippen LogP) is 3.79. The topological polar surface area (TPSA) is 52.7 Å². The Kier molecular flexibility index (Phi) is 4.31. The van der Waals surface area contributed by atoms with Gasteiger partial charge in [-0.2, -0.15) is 10.2 Å². The van der Waals surface area contributed by atoms with Crippen LogP contribution in [0.3, 0.4) is 0 Å². The quantitative estimate of drug-likeness (QED) is 0.553. The summed E-state index contributed by atoms with van der Waals surface area (Å²) in [6, 6.07) is 17.4. The average molecular weight is 365 g/mol. The molecule has 0 spiro atoms. The van der Waals surface area contributed by atoms with Crippen LogP contribution in [-0.4, -0.2) is 19.6 Å². The smallest absolute Gasteiger partial charge is 0.265 e. The van der Waals surface area contributed by atoms with Gasteiger partial charge in [0.2, 0.25) is 0 Å². The molecule has 0 atom stereocenters. The van der Waals surface area contributed by atoms with Crippen molar-refractivity contribution < 1.29 is 0 Å². The van der Waals surface area contributed by atoms with E-state index in [1.54, 1.807) is 23.0 Å². The highest BCUT2D eigenvalue weighted by Gasteiger charge is 2.15. The Hall–Kier alpha value is -2.92. The second-order valence-electron chi connectivity index (χ2n) is 6.15. The Balaban J connectivity index is 1.80. The summed E-state index contributed by atoms with van der Waals surface area (Å²) in [7, 11) is 0. The maximum atomic E-state index is 13.0. The molecule has 2 aromatic heterocycles. The third kappa shape index (κ3) is 3.02. The molecule has 6 heteroatoms. The van der Waals surface area contributed by atoms with E-state index in [9.17, 15) is 4.79 Å².